The molecule has 3 N–H and O–H groups in total. The topological polar surface area (TPSA) is 87.3 Å². The minimum absolute atomic E-state index is 0.00102. The molecule has 41 heavy (non-hydrogen) atoms. The molecule has 0 aliphatic heterocycles. The van der Waals surface area contributed by atoms with Crippen LogP contribution in [-0.4, -0.2) is 23.0 Å². The van der Waals surface area contributed by atoms with Crippen molar-refractivity contribution in [1.82, 2.24) is 5.32 Å². The molecule has 0 spiro atoms. The van der Waals surface area contributed by atoms with E-state index in [2.05, 4.69) is 31.9 Å². The van der Waals surface area contributed by atoms with Gasteiger partial charge in [-0.1, -0.05) is 59.6 Å². The highest BCUT2D eigenvalue weighted by Crippen LogP contribution is 2.28. The van der Waals surface area contributed by atoms with Crippen LogP contribution in [0.5, 0.6) is 0 Å². The maximum absolute atomic E-state index is 13.3. The van der Waals surface area contributed by atoms with Crippen LogP contribution in [0.4, 0.5) is 11.4 Å². The second-order valence-corrected chi connectivity index (χ2v) is 11.9. The van der Waals surface area contributed by atoms with Gasteiger partial charge in [0, 0.05) is 30.7 Å². The number of hydrogen-bond donors (Lipinski definition) is 3. The smallest absolute Gasteiger partial charge is 0.272 e. The van der Waals surface area contributed by atoms with Crippen molar-refractivity contribution in [3.05, 3.63) is 128 Å². The number of anilines is 2. The fraction of sp³-hybridized carbons (Fsp3) is 0.0645. The van der Waals surface area contributed by atoms with Gasteiger partial charge in [0.1, 0.15) is 5.70 Å². The van der Waals surface area contributed by atoms with E-state index in [0.29, 0.717) is 32.5 Å². The number of carbonyl (C=O) groups excluding carboxylic acids is 3. The quantitative estimate of drug-likeness (QED) is 0.124. The molecule has 0 radical (unpaired) electrons. The predicted molar refractivity (Wildman–Crippen MR) is 172 cm³/mol. The van der Waals surface area contributed by atoms with E-state index in [-0.39, 0.29) is 16.9 Å². The summed E-state index contributed by atoms with van der Waals surface area (Å²) in [6, 6.07) is 27.9. The highest BCUT2D eigenvalue weighted by atomic mass is 79.9. The first-order valence-corrected chi connectivity index (χ1v) is 14.8. The number of hydrogen-bond acceptors (Lipinski definition) is 4. The molecule has 0 saturated carbocycles. The zero-order chi connectivity index (χ0) is 29.4. The Morgan fingerprint density at radius 2 is 1.54 bits per heavy atom. The van der Waals surface area contributed by atoms with E-state index in [4.69, 9.17) is 23.2 Å². The van der Waals surface area contributed by atoms with Gasteiger partial charge in [0.25, 0.3) is 11.8 Å². The zero-order valence-corrected chi connectivity index (χ0v) is 25.6. The summed E-state index contributed by atoms with van der Waals surface area (Å²) in [4.78, 5) is 39.7. The highest BCUT2D eigenvalue weighted by molar-refractivity contribution is 9.10. The van der Waals surface area contributed by atoms with Gasteiger partial charge in [-0.25, -0.2) is 0 Å². The number of carbonyl (C=O) groups is 3. The van der Waals surface area contributed by atoms with Gasteiger partial charge in [-0.2, -0.15) is 0 Å². The Labute approximate surface area is 260 Å². The van der Waals surface area contributed by atoms with Crippen molar-refractivity contribution in [2.45, 2.75) is 17.1 Å². The number of para-hydroxylation sites is 1. The molecule has 4 aromatic rings. The largest absolute Gasteiger partial charge is 0.324 e. The fourth-order valence-electron chi connectivity index (χ4n) is 3.59. The molecule has 0 aliphatic carbocycles. The van der Waals surface area contributed by atoms with Crippen LogP contribution in [-0.2, 0) is 9.59 Å². The normalized spacial score (nSPS) is 11.9. The minimum atomic E-state index is -0.540. The summed E-state index contributed by atoms with van der Waals surface area (Å²) < 4.78 is 0.803. The van der Waals surface area contributed by atoms with E-state index in [1.165, 1.54) is 17.8 Å². The molecule has 208 valence electrons. The second kappa shape index (κ2) is 14.4. The average molecular weight is 669 g/mol. The van der Waals surface area contributed by atoms with Crippen LogP contribution in [0.2, 0.25) is 10.0 Å². The number of benzene rings is 4. The standard InChI is InChI=1S/C31H24BrCl2N3O3S/c1-19(29(38)36-27-10-6-5-9-25(27)32)41-24-15-13-23(14-16-24)35-31(40)28(17-21-11-12-22(33)18-26(21)34)37-30(39)20-7-3-2-4-8-20/h2-19H,1H3,(H,35,40)(H,36,38)(H,37,39)/b28-17-. The summed E-state index contributed by atoms with van der Waals surface area (Å²) in [7, 11) is 0. The Morgan fingerprint density at radius 3 is 2.22 bits per heavy atom. The third kappa shape index (κ3) is 8.71. The number of rotatable bonds is 9. The number of nitrogens with one attached hydrogen (secondary N) is 3. The van der Waals surface area contributed by atoms with Crippen molar-refractivity contribution in [2.24, 2.45) is 0 Å². The summed E-state index contributed by atoms with van der Waals surface area (Å²) in [5, 5.41) is 8.82. The zero-order valence-electron chi connectivity index (χ0n) is 21.7. The molecule has 0 saturated heterocycles. The van der Waals surface area contributed by atoms with Gasteiger partial charge in [-0.05, 0) is 95.2 Å². The third-order valence-electron chi connectivity index (χ3n) is 5.72. The van der Waals surface area contributed by atoms with E-state index >= 15 is 0 Å². The van der Waals surface area contributed by atoms with E-state index in [0.717, 1.165) is 9.37 Å². The number of thioether (sulfide) groups is 1. The lowest BCUT2D eigenvalue weighted by Gasteiger charge is -2.14. The third-order valence-corrected chi connectivity index (χ3v) is 8.08. The molecule has 0 fully saturated rings. The molecule has 0 heterocycles. The van der Waals surface area contributed by atoms with Crippen LogP contribution in [0.3, 0.4) is 0 Å². The van der Waals surface area contributed by atoms with E-state index in [9.17, 15) is 14.4 Å². The first-order valence-electron chi connectivity index (χ1n) is 12.4. The molecule has 0 aromatic heterocycles. The van der Waals surface area contributed by atoms with Crippen molar-refractivity contribution in [3.8, 4) is 0 Å². The summed E-state index contributed by atoms with van der Waals surface area (Å²) in [6.45, 7) is 1.82. The molecule has 1 unspecified atom stereocenters. The first kappa shape index (κ1) is 30.4. The van der Waals surface area contributed by atoms with Crippen LogP contribution < -0.4 is 16.0 Å². The molecule has 3 amide bonds. The van der Waals surface area contributed by atoms with Crippen LogP contribution in [0.15, 0.2) is 112 Å². The fourth-order valence-corrected chi connectivity index (χ4v) is 5.30. The highest BCUT2D eigenvalue weighted by Gasteiger charge is 2.18. The molecule has 6 nitrogen and oxygen atoms in total. The molecule has 0 aliphatic rings. The number of amides is 3. The van der Waals surface area contributed by atoms with Crippen molar-refractivity contribution in [2.75, 3.05) is 10.6 Å². The Balaban J connectivity index is 1.46. The van der Waals surface area contributed by atoms with Gasteiger partial charge in [0.15, 0.2) is 0 Å². The Kier molecular flexibility index (Phi) is 10.7. The van der Waals surface area contributed by atoms with Gasteiger partial charge in [0.05, 0.1) is 10.9 Å². The minimum Gasteiger partial charge on any atom is -0.324 e. The Hall–Kier alpha value is -3.56. The van der Waals surface area contributed by atoms with Gasteiger partial charge >= 0.3 is 0 Å². The van der Waals surface area contributed by atoms with Crippen molar-refractivity contribution >= 4 is 86.1 Å². The molecular formula is C31H24BrCl2N3O3S. The van der Waals surface area contributed by atoms with E-state index in [1.54, 1.807) is 60.7 Å². The Morgan fingerprint density at radius 1 is 0.854 bits per heavy atom. The predicted octanol–water partition coefficient (Wildman–Crippen LogP) is 8.28. The maximum Gasteiger partial charge on any atom is 0.272 e. The summed E-state index contributed by atoms with van der Waals surface area (Å²) in [5.41, 5.74) is 2.11. The monoisotopic (exact) mass is 667 g/mol. The van der Waals surface area contributed by atoms with Crippen molar-refractivity contribution in [3.63, 3.8) is 0 Å². The first-order chi connectivity index (χ1) is 19.7. The van der Waals surface area contributed by atoms with Gasteiger partial charge in [-0.3, -0.25) is 14.4 Å². The van der Waals surface area contributed by atoms with Gasteiger partial charge in [-0.15, -0.1) is 11.8 Å². The van der Waals surface area contributed by atoms with E-state index in [1.807, 2.05) is 43.3 Å². The molecule has 4 rings (SSSR count). The number of halogens is 3. The Bertz CT molecular complexity index is 1600. The lowest BCUT2D eigenvalue weighted by atomic mass is 10.1. The van der Waals surface area contributed by atoms with Gasteiger partial charge < -0.3 is 16.0 Å². The lowest BCUT2D eigenvalue weighted by molar-refractivity contribution is -0.115. The summed E-state index contributed by atoms with van der Waals surface area (Å²) in [5.74, 6) is -1.12. The molecule has 10 heteroatoms. The second-order valence-electron chi connectivity index (χ2n) is 8.75. The van der Waals surface area contributed by atoms with Crippen LogP contribution in [0.1, 0.15) is 22.8 Å². The SMILES string of the molecule is CC(Sc1ccc(NC(=O)/C(=C/c2ccc(Cl)cc2Cl)NC(=O)c2ccccc2)cc1)C(=O)Nc1ccccc1Br. The lowest BCUT2D eigenvalue weighted by Crippen LogP contribution is -2.30. The molecule has 1 atom stereocenters. The van der Waals surface area contributed by atoms with E-state index < -0.39 is 11.8 Å². The molecule has 0 bridgehead atoms. The van der Waals surface area contributed by atoms with Crippen LogP contribution >= 0.6 is 50.9 Å². The van der Waals surface area contributed by atoms with Crippen LogP contribution in [0, 0.1) is 0 Å². The van der Waals surface area contributed by atoms with Gasteiger partial charge in [0.2, 0.25) is 5.91 Å². The average Bonchev–Trinajstić information content (AvgIpc) is 2.96. The van der Waals surface area contributed by atoms with Crippen molar-refractivity contribution < 1.29 is 14.4 Å². The van der Waals surface area contributed by atoms with Crippen LogP contribution in [0.25, 0.3) is 6.08 Å². The molecular weight excluding hydrogens is 645 g/mol. The summed E-state index contributed by atoms with van der Waals surface area (Å²) >= 11 is 17.2. The molecule has 4 aromatic carbocycles. The summed E-state index contributed by atoms with van der Waals surface area (Å²) in [6.07, 6.45) is 1.49. The van der Waals surface area contributed by atoms with Crippen molar-refractivity contribution in [1.29, 1.82) is 0 Å². The maximum atomic E-state index is 13.3.